The largest absolute Gasteiger partial charge is 0.501 e. The van der Waals surface area contributed by atoms with Crippen molar-refractivity contribution in [3.63, 3.8) is 0 Å². The number of halogens is 1. The summed E-state index contributed by atoms with van der Waals surface area (Å²) in [5, 5.41) is 13.7. The molecule has 240 valence electrons. The molecule has 3 heterocycles. The van der Waals surface area contributed by atoms with Gasteiger partial charge in [0.05, 0.1) is 6.61 Å². The number of fused-ring (bicyclic) bond motifs is 2. The second kappa shape index (κ2) is 13.0. The van der Waals surface area contributed by atoms with Gasteiger partial charge in [0.1, 0.15) is 17.2 Å². The van der Waals surface area contributed by atoms with Crippen LogP contribution in [0.25, 0.3) is 0 Å². The van der Waals surface area contributed by atoms with Gasteiger partial charge in [-0.3, -0.25) is 23.7 Å². The molecule has 1 fully saturated rings. The maximum absolute atomic E-state index is 13.9. The summed E-state index contributed by atoms with van der Waals surface area (Å²) in [6.45, 7) is 6.58. The molecule has 0 unspecified atom stereocenters. The van der Waals surface area contributed by atoms with Gasteiger partial charge in [-0.2, -0.15) is 0 Å². The molecule has 1 aromatic heterocycles. The van der Waals surface area contributed by atoms with Crippen molar-refractivity contribution in [1.29, 1.82) is 0 Å². The number of likely N-dealkylation sites (N-methyl/N-ethyl adjacent to an activating group) is 3. The molecule has 0 radical (unpaired) electrons. The molecule has 44 heavy (non-hydrogen) atoms. The minimum Gasteiger partial charge on any atom is -0.501 e. The molecule has 1 aliphatic carbocycles. The molecule has 1 saturated carbocycles. The normalized spacial score (nSPS) is 20.6. The van der Waals surface area contributed by atoms with Crippen LogP contribution in [0.4, 0.5) is 4.39 Å². The van der Waals surface area contributed by atoms with Gasteiger partial charge in [-0.25, -0.2) is 9.37 Å². The van der Waals surface area contributed by atoms with Crippen LogP contribution in [0.1, 0.15) is 60.0 Å². The Bertz CT molecular complexity index is 1480. The summed E-state index contributed by atoms with van der Waals surface area (Å²) in [5.41, 5.74) is -1.75. The van der Waals surface area contributed by atoms with Crippen molar-refractivity contribution in [2.45, 2.75) is 58.2 Å². The van der Waals surface area contributed by atoms with E-state index in [-0.39, 0.29) is 30.1 Å². The smallest absolute Gasteiger partial charge is 0.312 e. The van der Waals surface area contributed by atoms with E-state index in [0.717, 1.165) is 6.54 Å². The first-order chi connectivity index (χ1) is 20.8. The van der Waals surface area contributed by atoms with Crippen molar-refractivity contribution < 1.29 is 28.6 Å². The minimum absolute atomic E-state index is 0.0117. The SMILES string of the molecule is CCN(CCOC)CC12CCC(N(C)C(=O)C(=O)N(C)C)(CC1)c1nc(C(=O)NCc3ccc(F)c(C)c3)c(O)c(=O)n1C2. The Balaban J connectivity index is 1.78. The number of benzene rings is 1. The third kappa shape index (κ3) is 6.20. The predicted octanol–water partition coefficient (Wildman–Crippen LogP) is 1.61. The summed E-state index contributed by atoms with van der Waals surface area (Å²) in [6.07, 6.45) is 2.06. The molecule has 2 aromatic rings. The van der Waals surface area contributed by atoms with Crippen LogP contribution in [0.3, 0.4) is 0 Å². The Morgan fingerprint density at radius 1 is 1.14 bits per heavy atom. The molecule has 0 spiro atoms. The highest BCUT2D eigenvalue weighted by atomic mass is 19.1. The average Bonchev–Trinajstić information content (AvgIpc) is 3.24. The molecule has 0 atom stereocenters. The molecule has 3 amide bonds. The molecule has 5 rings (SSSR count). The number of carbonyl (C=O) groups excluding carboxylic acids is 3. The van der Waals surface area contributed by atoms with Crippen molar-refractivity contribution in [3.05, 3.63) is 57.0 Å². The maximum atomic E-state index is 13.9. The van der Waals surface area contributed by atoms with Gasteiger partial charge in [0, 0.05) is 59.8 Å². The van der Waals surface area contributed by atoms with E-state index in [1.54, 1.807) is 20.1 Å². The lowest BCUT2D eigenvalue weighted by Gasteiger charge is -2.47. The maximum Gasteiger partial charge on any atom is 0.312 e. The number of amides is 3. The molecule has 2 N–H and O–H groups in total. The van der Waals surface area contributed by atoms with Gasteiger partial charge in [-0.1, -0.05) is 19.1 Å². The third-order valence-corrected chi connectivity index (χ3v) is 9.24. The van der Waals surface area contributed by atoms with E-state index >= 15 is 0 Å². The zero-order chi connectivity index (χ0) is 32.4. The van der Waals surface area contributed by atoms with Crippen LogP contribution in [0.15, 0.2) is 23.0 Å². The molecular weight excluding hydrogens is 571 g/mol. The Labute approximate surface area is 256 Å². The highest BCUT2D eigenvalue weighted by Gasteiger charge is 2.54. The van der Waals surface area contributed by atoms with Crippen molar-refractivity contribution in [1.82, 2.24) is 29.6 Å². The van der Waals surface area contributed by atoms with Gasteiger partial charge in [-0.15, -0.1) is 0 Å². The summed E-state index contributed by atoms with van der Waals surface area (Å²) in [6, 6.07) is 4.42. The summed E-state index contributed by atoms with van der Waals surface area (Å²) in [5.74, 6) is -3.26. The van der Waals surface area contributed by atoms with E-state index in [1.807, 2.05) is 0 Å². The van der Waals surface area contributed by atoms with Gasteiger partial charge < -0.3 is 29.9 Å². The number of methoxy groups -OCH3 is 1. The lowest BCUT2D eigenvalue weighted by molar-refractivity contribution is -0.155. The molecular formula is C31H43FN6O6. The topological polar surface area (TPSA) is 137 Å². The Morgan fingerprint density at radius 3 is 2.41 bits per heavy atom. The number of rotatable bonds is 10. The fourth-order valence-corrected chi connectivity index (χ4v) is 6.47. The first kappa shape index (κ1) is 33.1. The lowest BCUT2D eigenvalue weighted by Crippen LogP contribution is -2.55. The lowest BCUT2D eigenvalue weighted by atomic mass is 9.67. The molecule has 0 saturated heterocycles. The average molecular weight is 615 g/mol. The second-order valence-corrected chi connectivity index (χ2v) is 12.2. The highest BCUT2D eigenvalue weighted by Crippen LogP contribution is 2.52. The van der Waals surface area contributed by atoms with Crippen molar-refractivity contribution in [2.75, 3.05) is 54.5 Å². The van der Waals surface area contributed by atoms with Crippen LogP contribution in [0, 0.1) is 18.2 Å². The van der Waals surface area contributed by atoms with Gasteiger partial charge in [0.15, 0.2) is 5.69 Å². The fourth-order valence-electron chi connectivity index (χ4n) is 6.47. The number of carbonyl (C=O) groups is 3. The molecule has 2 bridgehead atoms. The second-order valence-electron chi connectivity index (χ2n) is 12.2. The van der Waals surface area contributed by atoms with Crippen molar-refractivity contribution in [2.24, 2.45) is 5.41 Å². The van der Waals surface area contributed by atoms with Crippen LogP contribution < -0.4 is 10.9 Å². The fraction of sp³-hybridized carbons (Fsp3) is 0.581. The number of aromatic nitrogens is 2. The quantitative estimate of drug-likeness (QED) is 0.385. The first-order valence-electron chi connectivity index (χ1n) is 14.9. The monoisotopic (exact) mass is 614 g/mol. The van der Waals surface area contributed by atoms with Crippen LogP contribution in [0.2, 0.25) is 0 Å². The molecule has 3 aliphatic rings. The van der Waals surface area contributed by atoms with Crippen LogP contribution in [-0.4, -0.2) is 102 Å². The van der Waals surface area contributed by atoms with E-state index in [0.29, 0.717) is 56.5 Å². The summed E-state index contributed by atoms with van der Waals surface area (Å²) >= 11 is 0. The van der Waals surface area contributed by atoms with E-state index < -0.39 is 40.3 Å². The van der Waals surface area contributed by atoms with E-state index in [4.69, 9.17) is 4.74 Å². The number of hydrogen-bond acceptors (Lipinski definition) is 8. The van der Waals surface area contributed by atoms with Gasteiger partial charge >= 0.3 is 11.8 Å². The molecule has 13 heteroatoms. The zero-order valence-corrected chi connectivity index (χ0v) is 26.4. The van der Waals surface area contributed by atoms with Crippen LogP contribution in [-0.2, 0) is 33.0 Å². The summed E-state index contributed by atoms with van der Waals surface area (Å²) in [7, 11) is 6.15. The van der Waals surface area contributed by atoms with E-state index in [9.17, 15) is 28.7 Å². The Hall–Kier alpha value is -3.84. The summed E-state index contributed by atoms with van der Waals surface area (Å²) < 4.78 is 20.4. The number of nitrogens with zero attached hydrogens (tertiary/aromatic N) is 5. The first-order valence-corrected chi connectivity index (χ1v) is 14.9. The molecule has 2 aliphatic heterocycles. The van der Waals surface area contributed by atoms with Gasteiger partial charge in [0.25, 0.3) is 11.5 Å². The third-order valence-electron chi connectivity index (χ3n) is 9.24. The Kier molecular flexibility index (Phi) is 9.79. The highest BCUT2D eigenvalue weighted by molar-refractivity contribution is 6.34. The zero-order valence-electron chi connectivity index (χ0n) is 26.4. The van der Waals surface area contributed by atoms with Crippen molar-refractivity contribution in [3.8, 4) is 5.75 Å². The predicted molar refractivity (Wildman–Crippen MR) is 161 cm³/mol. The standard InChI is InChI=1S/C31H43FN6O6/c1-7-37(14-15-44-6)18-30-10-12-31(13-11-30,36(5)28(43)27(42)35(3)4)29-34-23(24(39)26(41)38(29)19-30)25(40)33-17-21-8-9-22(32)20(2)16-21/h8-9,16,39H,7,10-15,17-19H2,1-6H3,(H,33,40). The van der Waals surface area contributed by atoms with Gasteiger partial charge in [0.2, 0.25) is 5.75 Å². The number of aromatic hydroxyl groups is 1. The van der Waals surface area contributed by atoms with Crippen LogP contribution in [0.5, 0.6) is 5.75 Å². The number of ether oxygens (including phenoxy) is 1. The number of hydrogen-bond donors (Lipinski definition) is 2. The minimum atomic E-state index is -1.16. The number of nitrogens with one attached hydrogen (secondary N) is 1. The van der Waals surface area contributed by atoms with Gasteiger partial charge in [-0.05, 0) is 56.3 Å². The molecule has 1 aromatic carbocycles. The van der Waals surface area contributed by atoms with E-state index in [2.05, 4.69) is 22.1 Å². The van der Waals surface area contributed by atoms with E-state index in [1.165, 1.54) is 47.6 Å². The van der Waals surface area contributed by atoms with Crippen molar-refractivity contribution >= 4 is 17.7 Å². The Morgan fingerprint density at radius 2 is 1.82 bits per heavy atom. The van der Waals surface area contributed by atoms with Crippen LogP contribution >= 0.6 is 0 Å². The molecule has 12 nitrogen and oxygen atoms in total. The summed E-state index contributed by atoms with van der Waals surface area (Å²) in [4.78, 5) is 62.9. The number of aryl methyl sites for hydroxylation is 1.